The Morgan fingerprint density at radius 1 is 0.952 bits per heavy atom. The van der Waals surface area contributed by atoms with Crippen LogP contribution in [-0.4, -0.2) is 78.7 Å². The average Bonchev–Trinajstić information content (AvgIpc) is 2.39. The second-order valence-corrected chi connectivity index (χ2v) is 5.07. The Kier molecular flexibility index (Phi) is 4.41. The highest BCUT2D eigenvalue weighted by Gasteiger charge is 2.78. The highest BCUT2D eigenvalue weighted by atomic mass is 16.6. The highest BCUT2D eigenvalue weighted by molar-refractivity contribution is 6.05. The van der Waals surface area contributed by atoms with Crippen LogP contribution in [0.15, 0.2) is 0 Å². The summed E-state index contributed by atoms with van der Waals surface area (Å²) in [5.74, 6) is -3.88. The lowest BCUT2D eigenvalue weighted by atomic mass is 9.61. The fourth-order valence-corrected chi connectivity index (χ4v) is 2.68. The molecule has 1 heterocycles. The van der Waals surface area contributed by atoms with Crippen LogP contribution in [0.4, 0.5) is 0 Å². The molecule has 1 aliphatic heterocycles. The van der Waals surface area contributed by atoms with Crippen LogP contribution < -0.4 is 0 Å². The first-order valence-corrected chi connectivity index (χ1v) is 6.06. The number of ketones is 3. The smallest absolute Gasteiger partial charge is 0.213 e. The predicted molar refractivity (Wildman–Crippen MR) is 64.9 cm³/mol. The molecule has 0 spiro atoms. The van der Waals surface area contributed by atoms with Crippen molar-refractivity contribution in [3.05, 3.63) is 0 Å². The second-order valence-electron chi connectivity index (χ2n) is 5.07. The summed E-state index contributed by atoms with van der Waals surface area (Å²) in [5, 5.41) is 50.3. The second kappa shape index (κ2) is 5.20. The summed E-state index contributed by atoms with van der Waals surface area (Å²) < 4.78 is 4.69. The Morgan fingerprint density at radius 2 is 1.38 bits per heavy atom. The van der Waals surface area contributed by atoms with Crippen molar-refractivity contribution in [2.45, 2.75) is 50.0 Å². The van der Waals surface area contributed by atoms with Crippen LogP contribution in [0.2, 0.25) is 0 Å². The molecular weight excluding hydrogens is 288 g/mol. The van der Waals surface area contributed by atoms with Gasteiger partial charge in [0, 0.05) is 0 Å². The summed E-state index contributed by atoms with van der Waals surface area (Å²) in [4.78, 5) is 35.3. The minimum atomic E-state index is -3.39. The summed E-state index contributed by atoms with van der Waals surface area (Å²) >= 11 is 0. The lowest BCUT2D eigenvalue weighted by molar-refractivity contribution is -0.359. The molecule has 5 atom stereocenters. The van der Waals surface area contributed by atoms with Crippen molar-refractivity contribution < 1.29 is 44.7 Å². The van der Waals surface area contributed by atoms with Crippen molar-refractivity contribution in [2.75, 3.05) is 6.61 Å². The number of Topliss-reactive ketones (excluding diaryl/α,β-unsaturated/α-hetero) is 3. The van der Waals surface area contributed by atoms with Crippen LogP contribution in [0.5, 0.6) is 0 Å². The Balaban J connectivity index is 3.78. The van der Waals surface area contributed by atoms with E-state index in [-0.39, 0.29) is 0 Å². The van der Waals surface area contributed by atoms with Crippen LogP contribution in [0.1, 0.15) is 20.8 Å². The molecule has 0 saturated carbocycles. The van der Waals surface area contributed by atoms with Gasteiger partial charge in [0.15, 0.2) is 29.2 Å². The van der Waals surface area contributed by atoms with Gasteiger partial charge in [0.25, 0.3) is 0 Å². The van der Waals surface area contributed by atoms with Crippen LogP contribution in [0.3, 0.4) is 0 Å². The Hall–Kier alpha value is -1.23. The van der Waals surface area contributed by atoms with Crippen LogP contribution in [0, 0.1) is 0 Å². The lowest BCUT2D eigenvalue weighted by Crippen LogP contribution is -2.86. The fourth-order valence-electron chi connectivity index (χ4n) is 2.68. The minimum Gasteiger partial charge on any atom is -0.394 e. The van der Waals surface area contributed by atoms with Crippen molar-refractivity contribution in [3.63, 3.8) is 0 Å². The highest BCUT2D eigenvalue weighted by Crippen LogP contribution is 2.45. The molecule has 9 heteroatoms. The lowest BCUT2D eigenvalue weighted by Gasteiger charge is -2.56. The van der Waals surface area contributed by atoms with E-state index in [4.69, 9.17) is 0 Å². The monoisotopic (exact) mass is 306 g/mol. The zero-order valence-corrected chi connectivity index (χ0v) is 11.7. The standard InChI is InChI=1S/C12H18O9/c1-5(14)10(18)8(4-13)21-9(17)11(19,6(2)15)12(10,20)7(3)16/h8-9,13,17-20H,4H2,1-3H3/t8-,9+,10+,11-,12+/m0/s1. The number of aliphatic hydroxyl groups is 5. The molecule has 1 aliphatic rings. The van der Waals surface area contributed by atoms with Gasteiger partial charge in [-0.2, -0.15) is 0 Å². The number of hydrogen-bond donors (Lipinski definition) is 5. The molecule has 1 fully saturated rings. The van der Waals surface area contributed by atoms with E-state index in [0.717, 1.165) is 13.8 Å². The topological polar surface area (TPSA) is 162 Å². The van der Waals surface area contributed by atoms with E-state index in [2.05, 4.69) is 4.74 Å². The Morgan fingerprint density at radius 3 is 1.67 bits per heavy atom. The summed E-state index contributed by atoms with van der Waals surface area (Å²) in [5.41, 5.74) is -9.78. The SMILES string of the molecule is CC(=O)[C@@]1(O)[C@@](O)(C(C)=O)[C@H](CO)O[C@@H](O)[C@@]1(O)C(C)=O. The number of carbonyl (C=O) groups is 3. The van der Waals surface area contributed by atoms with Gasteiger partial charge in [-0.15, -0.1) is 0 Å². The minimum absolute atomic E-state index is 0.717. The van der Waals surface area contributed by atoms with Crippen molar-refractivity contribution in [2.24, 2.45) is 0 Å². The van der Waals surface area contributed by atoms with E-state index >= 15 is 0 Å². The van der Waals surface area contributed by atoms with E-state index in [1.165, 1.54) is 0 Å². The molecule has 0 aromatic rings. The molecule has 9 nitrogen and oxygen atoms in total. The number of hydrogen-bond acceptors (Lipinski definition) is 9. The van der Waals surface area contributed by atoms with Gasteiger partial charge < -0.3 is 30.3 Å². The number of ether oxygens (including phenoxy) is 1. The van der Waals surface area contributed by atoms with E-state index in [0.29, 0.717) is 6.92 Å². The van der Waals surface area contributed by atoms with Gasteiger partial charge in [0.05, 0.1) is 6.61 Å². The summed E-state index contributed by atoms with van der Waals surface area (Å²) in [7, 11) is 0. The van der Waals surface area contributed by atoms with Gasteiger partial charge in [-0.25, -0.2) is 0 Å². The average molecular weight is 306 g/mol. The molecule has 0 aliphatic carbocycles. The zero-order valence-electron chi connectivity index (χ0n) is 11.7. The van der Waals surface area contributed by atoms with E-state index in [1.807, 2.05) is 0 Å². The molecule has 1 saturated heterocycles. The molecule has 0 unspecified atom stereocenters. The van der Waals surface area contributed by atoms with Crippen LogP contribution >= 0.6 is 0 Å². The van der Waals surface area contributed by atoms with Crippen molar-refractivity contribution in [3.8, 4) is 0 Å². The first-order chi connectivity index (χ1) is 9.42. The molecule has 5 N–H and O–H groups in total. The third-order valence-corrected chi connectivity index (χ3v) is 3.97. The third-order valence-electron chi connectivity index (χ3n) is 3.97. The maximum atomic E-state index is 11.8. The van der Waals surface area contributed by atoms with Crippen molar-refractivity contribution in [1.82, 2.24) is 0 Å². The van der Waals surface area contributed by atoms with Gasteiger partial charge >= 0.3 is 0 Å². The van der Waals surface area contributed by atoms with E-state index in [9.17, 15) is 39.9 Å². The molecule has 0 aromatic heterocycles. The van der Waals surface area contributed by atoms with Gasteiger partial charge in [-0.3, -0.25) is 14.4 Å². The normalized spacial score (nSPS) is 43.4. The first-order valence-electron chi connectivity index (χ1n) is 6.06. The molecule has 21 heavy (non-hydrogen) atoms. The summed E-state index contributed by atoms with van der Waals surface area (Å²) in [6.07, 6.45) is -4.35. The van der Waals surface area contributed by atoms with Gasteiger partial charge in [-0.05, 0) is 20.8 Å². The summed E-state index contributed by atoms with van der Waals surface area (Å²) in [6, 6.07) is 0. The number of rotatable bonds is 4. The third kappa shape index (κ3) is 1.90. The molecule has 0 bridgehead atoms. The first kappa shape index (κ1) is 17.8. The number of carbonyl (C=O) groups excluding carboxylic acids is 3. The molecule has 120 valence electrons. The van der Waals surface area contributed by atoms with E-state index < -0.39 is 53.2 Å². The Labute approximate surface area is 119 Å². The molecule has 0 amide bonds. The van der Waals surface area contributed by atoms with Crippen molar-refractivity contribution in [1.29, 1.82) is 0 Å². The van der Waals surface area contributed by atoms with Crippen LogP contribution in [-0.2, 0) is 19.1 Å². The van der Waals surface area contributed by atoms with Gasteiger partial charge in [0.1, 0.15) is 6.10 Å². The van der Waals surface area contributed by atoms with Gasteiger partial charge in [0.2, 0.25) is 11.2 Å². The molecule has 1 rings (SSSR count). The fraction of sp³-hybridized carbons (Fsp3) is 0.750. The Bertz CT molecular complexity index is 489. The molecule has 0 aromatic carbocycles. The maximum absolute atomic E-state index is 11.8. The molecular formula is C12H18O9. The zero-order chi connectivity index (χ0) is 16.8. The van der Waals surface area contributed by atoms with E-state index in [1.54, 1.807) is 0 Å². The van der Waals surface area contributed by atoms with Crippen molar-refractivity contribution >= 4 is 17.3 Å². The summed E-state index contributed by atoms with van der Waals surface area (Å²) in [6.45, 7) is 1.17. The van der Waals surface area contributed by atoms with Crippen LogP contribution in [0.25, 0.3) is 0 Å². The molecule has 0 radical (unpaired) electrons. The predicted octanol–water partition coefficient (Wildman–Crippen LogP) is -3.34. The van der Waals surface area contributed by atoms with Gasteiger partial charge in [-0.1, -0.05) is 0 Å². The largest absolute Gasteiger partial charge is 0.394 e. The maximum Gasteiger partial charge on any atom is 0.213 e. The number of aliphatic hydroxyl groups excluding tert-OH is 2. The quantitative estimate of drug-likeness (QED) is 0.357.